The number of benzene rings is 2. The molecule has 3 heteroatoms. The van der Waals surface area contributed by atoms with Gasteiger partial charge in [0.05, 0.1) is 0 Å². The number of nitrogens with zero attached hydrogens (tertiary/aromatic N) is 1. The van der Waals surface area contributed by atoms with Gasteiger partial charge in [-0.15, -0.1) is 11.8 Å². The van der Waals surface area contributed by atoms with E-state index in [1.807, 2.05) is 12.1 Å². The second-order valence-corrected chi connectivity index (χ2v) is 6.70. The van der Waals surface area contributed by atoms with E-state index in [4.69, 9.17) is 11.6 Å². The fourth-order valence-electron chi connectivity index (χ4n) is 2.36. The molecule has 116 valence electrons. The van der Waals surface area contributed by atoms with Crippen LogP contribution in [0, 0.1) is 0 Å². The van der Waals surface area contributed by atoms with E-state index >= 15 is 0 Å². The van der Waals surface area contributed by atoms with Crippen molar-refractivity contribution in [3.63, 3.8) is 0 Å². The van der Waals surface area contributed by atoms with Crippen LogP contribution in [-0.2, 0) is 0 Å². The van der Waals surface area contributed by atoms with Crippen LogP contribution in [-0.4, -0.2) is 31.8 Å². The maximum Gasteiger partial charge on any atom is 0.0412 e. The fourth-order valence-corrected chi connectivity index (χ4v) is 3.12. The van der Waals surface area contributed by atoms with Gasteiger partial charge in [-0.2, -0.15) is 0 Å². The average molecular weight is 332 g/mol. The van der Waals surface area contributed by atoms with E-state index in [9.17, 15) is 0 Å². The lowest BCUT2D eigenvalue weighted by atomic mass is 9.96. The maximum atomic E-state index is 6.25. The highest BCUT2D eigenvalue weighted by Crippen LogP contribution is 2.33. The molecule has 1 nitrogen and oxygen atoms in total. The molecule has 0 atom stereocenters. The van der Waals surface area contributed by atoms with Gasteiger partial charge in [-0.1, -0.05) is 48.0 Å². The highest BCUT2D eigenvalue weighted by Gasteiger charge is 2.10. The molecule has 0 aliphatic heterocycles. The molecule has 0 spiro atoms. The summed E-state index contributed by atoms with van der Waals surface area (Å²) in [5, 5.41) is 0.780. The Morgan fingerprint density at radius 2 is 1.86 bits per heavy atom. The second-order valence-electron chi connectivity index (χ2n) is 5.42. The molecule has 2 rings (SSSR count). The maximum absolute atomic E-state index is 6.25. The highest BCUT2D eigenvalue weighted by atomic mass is 35.5. The standard InChI is InChI=1S/C19H22ClNS/c1-21(2)13-7-10-17(15-8-5-4-6-9-15)18-14-16(20)11-12-19(18)22-3/h4-6,8-12,14H,7,13H2,1-3H3/b17-10+. The van der Waals surface area contributed by atoms with Crippen LogP contribution in [0.2, 0.25) is 5.02 Å². The highest BCUT2D eigenvalue weighted by molar-refractivity contribution is 7.98. The molecule has 0 aliphatic carbocycles. The molecule has 2 aromatic rings. The van der Waals surface area contributed by atoms with Gasteiger partial charge in [-0.3, -0.25) is 0 Å². The van der Waals surface area contributed by atoms with Crippen LogP contribution >= 0.6 is 23.4 Å². The normalized spacial score (nSPS) is 12.0. The van der Waals surface area contributed by atoms with E-state index in [1.165, 1.54) is 21.6 Å². The molecule has 0 bridgehead atoms. The van der Waals surface area contributed by atoms with Crippen molar-refractivity contribution in [1.29, 1.82) is 0 Å². The van der Waals surface area contributed by atoms with Gasteiger partial charge in [-0.05, 0) is 61.7 Å². The Labute approximate surface area is 143 Å². The lowest BCUT2D eigenvalue weighted by Crippen LogP contribution is -2.12. The van der Waals surface area contributed by atoms with Crippen molar-refractivity contribution in [1.82, 2.24) is 4.90 Å². The zero-order valence-corrected chi connectivity index (χ0v) is 14.9. The van der Waals surface area contributed by atoms with E-state index in [1.54, 1.807) is 11.8 Å². The Hall–Kier alpha value is -1.22. The Balaban J connectivity index is 2.47. The molecule has 0 saturated heterocycles. The first-order valence-electron chi connectivity index (χ1n) is 7.36. The molecular formula is C19H22ClNS. The largest absolute Gasteiger partial charge is 0.309 e. The van der Waals surface area contributed by atoms with Crippen LogP contribution in [0.15, 0.2) is 59.5 Å². The topological polar surface area (TPSA) is 3.24 Å². The molecule has 0 unspecified atom stereocenters. The molecule has 0 aliphatic rings. The predicted molar refractivity (Wildman–Crippen MR) is 99.9 cm³/mol. The fraction of sp³-hybridized carbons (Fsp3) is 0.263. The summed E-state index contributed by atoms with van der Waals surface area (Å²) in [6.07, 6.45) is 5.44. The molecule has 0 N–H and O–H groups in total. The van der Waals surface area contributed by atoms with Crippen molar-refractivity contribution in [2.24, 2.45) is 0 Å². The number of halogens is 1. The second kappa shape index (κ2) is 8.42. The van der Waals surface area contributed by atoms with Gasteiger partial charge in [-0.25, -0.2) is 0 Å². The Morgan fingerprint density at radius 3 is 2.50 bits per heavy atom. The van der Waals surface area contributed by atoms with E-state index in [0.717, 1.165) is 18.0 Å². The third kappa shape index (κ3) is 4.64. The van der Waals surface area contributed by atoms with E-state index in [2.05, 4.69) is 67.7 Å². The first-order chi connectivity index (χ1) is 10.6. The molecular weight excluding hydrogens is 310 g/mol. The summed E-state index contributed by atoms with van der Waals surface area (Å²) in [6, 6.07) is 16.7. The van der Waals surface area contributed by atoms with Crippen molar-refractivity contribution >= 4 is 28.9 Å². The summed E-state index contributed by atoms with van der Waals surface area (Å²) in [5.74, 6) is 0. The quantitative estimate of drug-likeness (QED) is 0.648. The molecule has 0 amide bonds. The Bertz CT molecular complexity index is 635. The zero-order valence-electron chi connectivity index (χ0n) is 13.3. The Kier molecular flexibility index (Phi) is 6.56. The van der Waals surface area contributed by atoms with Crippen molar-refractivity contribution in [2.75, 3.05) is 26.9 Å². The van der Waals surface area contributed by atoms with Crippen LogP contribution in [0.5, 0.6) is 0 Å². The summed E-state index contributed by atoms with van der Waals surface area (Å²) >= 11 is 8.00. The van der Waals surface area contributed by atoms with Crippen LogP contribution in [0.3, 0.4) is 0 Å². The molecule has 0 radical (unpaired) electrons. The van der Waals surface area contributed by atoms with E-state index in [-0.39, 0.29) is 0 Å². The molecule has 0 aromatic heterocycles. The van der Waals surface area contributed by atoms with Crippen molar-refractivity contribution in [2.45, 2.75) is 11.3 Å². The molecule has 0 fully saturated rings. The monoisotopic (exact) mass is 331 g/mol. The van der Waals surface area contributed by atoms with E-state index < -0.39 is 0 Å². The Morgan fingerprint density at radius 1 is 1.14 bits per heavy atom. The number of thioether (sulfide) groups is 1. The SMILES string of the molecule is CSc1ccc(Cl)cc1/C(=C/CCN(C)C)c1ccccc1. The van der Waals surface area contributed by atoms with Crippen molar-refractivity contribution in [3.8, 4) is 0 Å². The van der Waals surface area contributed by atoms with Gasteiger partial charge in [0, 0.05) is 16.5 Å². The first kappa shape index (κ1) is 17.1. The van der Waals surface area contributed by atoms with E-state index in [0.29, 0.717) is 0 Å². The van der Waals surface area contributed by atoms with Gasteiger partial charge in [0.15, 0.2) is 0 Å². The summed E-state index contributed by atoms with van der Waals surface area (Å²) in [6.45, 7) is 1.03. The third-order valence-electron chi connectivity index (χ3n) is 3.46. The van der Waals surface area contributed by atoms with Gasteiger partial charge >= 0.3 is 0 Å². The minimum absolute atomic E-state index is 0.780. The molecule has 0 saturated carbocycles. The third-order valence-corrected chi connectivity index (χ3v) is 4.49. The predicted octanol–water partition coefficient (Wildman–Crippen LogP) is 5.45. The van der Waals surface area contributed by atoms with Gasteiger partial charge < -0.3 is 4.90 Å². The smallest absolute Gasteiger partial charge is 0.0412 e. The average Bonchev–Trinajstić information content (AvgIpc) is 2.52. The van der Waals surface area contributed by atoms with Crippen LogP contribution < -0.4 is 0 Å². The summed E-state index contributed by atoms with van der Waals surface area (Å²) in [5.41, 5.74) is 3.71. The zero-order chi connectivity index (χ0) is 15.9. The summed E-state index contributed by atoms with van der Waals surface area (Å²) < 4.78 is 0. The lowest BCUT2D eigenvalue weighted by Gasteiger charge is -2.14. The summed E-state index contributed by atoms with van der Waals surface area (Å²) in [7, 11) is 4.20. The van der Waals surface area contributed by atoms with Gasteiger partial charge in [0.25, 0.3) is 0 Å². The minimum atomic E-state index is 0.780. The van der Waals surface area contributed by atoms with Crippen LogP contribution in [0.4, 0.5) is 0 Å². The van der Waals surface area contributed by atoms with Crippen molar-refractivity contribution in [3.05, 3.63) is 70.8 Å². The number of hydrogen-bond donors (Lipinski definition) is 0. The van der Waals surface area contributed by atoms with Crippen LogP contribution in [0.1, 0.15) is 17.5 Å². The number of hydrogen-bond acceptors (Lipinski definition) is 2. The number of rotatable bonds is 6. The van der Waals surface area contributed by atoms with Gasteiger partial charge in [0.1, 0.15) is 0 Å². The molecule has 0 heterocycles. The summed E-state index contributed by atoms with van der Waals surface area (Å²) in [4.78, 5) is 3.45. The molecule has 2 aromatic carbocycles. The van der Waals surface area contributed by atoms with Gasteiger partial charge in [0.2, 0.25) is 0 Å². The lowest BCUT2D eigenvalue weighted by molar-refractivity contribution is 0.417. The first-order valence-corrected chi connectivity index (χ1v) is 8.96. The molecule has 22 heavy (non-hydrogen) atoms. The van der Waals surface area contributed by atoms with Crippen LogP contribution in [0.25, 0.3) is 5.57 Å². The van der Waals surface area contributed by atoms with Crippen molar-refractivity contribution < 1.29 is 0 Å². The minimum Gasteiger partial charge on any atom is -0.309 e.